The van der Waals surface area contributed by atoms with Gasteiger partial charge in [-0.15, -0.1) is 0 Å². The summed E-state index contributed by atoms with van der Waals surface area (Å²) in [4.78, 5) is 2.32. The molecule has 80 valence electrons. The molecule has 0 amide bonds. The Morgan fingerprint density at radius 3 is 2.38 bits per heavy atom. The van der Waals surface area contributed by atoms with Crippen LogP contribution < -0.4 is 0 Å². The van der Waals surface area contributed by atoms with E-state index in [9.17, 15) is 0 Å². The Morgan fingerprint density at radius 2 is 1.92 bits per heavy atom. The minimum atomic E-state index is 0.214. The summed E-state index contributed by atoms with van der Waals surface area (Å²) in [5, 5.41) is 8.75. The Hall–Kier alpha value is -0.120. The van der Waals surface area contributed by atoms with Gasteiger partial charge in [0.25, 0.3) is 0 Å². The molecule has 0 fully saturated rings. The monoisotopic (exact) mass is 189 g/mol. The van der Waals surface area contributed by atoms with Crippen LogP contribution in [0, 0.1) is 5.92 Å². The van der Waals surface area contributed by atoms with Gasteiger partial charge >= 0.3 is 0 Å². The molecule has 1 N–H and O–H groups in total. The molecular weight excluding hydrogens is 166 g/mol. The summed E-state index contributed by atoms with van der Waals surface area (Å²) in [7, 11) is 0. The first-order valence-corrected chi connectivity index (χ1v) is 5.15. The molecule has 0 spiro atoms. The maximum absolute atomic E-state index is 8.75. The average Bonchev–Trinajstić information content (AvgIpc) is 2.18. The van der Waals surface area contributed by atoms with Crippen molar-refractivity contribution < 1.29 is 9.84 Å². The fraction of sp³-hybridized carbons (Fsp3) is 1.00. The van der Waals surface area contributed by atoms with Crippen LogP contribution in [-0.2, 0) is 4.74 Å². The first-order chi connectivity index (χ1) is 6.24. The Kier molecular flexibility index (Phi) is 8.40. The number of rotatable bonds is 8. The standard InChI is InChI=1S/C10H23NO2/c1-4-11(5-2)6-7-13-9-10(3)8-12/h10,12H,4-9H2,1-3H3. The number of aliphatic hydroxyl groups is 1. The average molecular weight is 189 g/mol. The molecule has 0 aromatic carbocycles. The molecule has 0 aliphatic heterocycles. The Balaban J connectivity index is 3.23. The normalized spacial score (nSPS) is 13.6. The van der Waals surface area contributed by atoms with Gasteiger partial charge < -0.3 is 14.7 Å². The molecule has 0 aromatic heterocycles. The summed E-state index contributed by atoms with van der Waals surface area (Å²) in [6, 6.07) is 0. The maximum Gasteiger partial charge on any atom is 0.0593 e. The van der Waals surface area contributed by atoms with Gasteiger partial charge in [-0.2, -0.15) is 0 Å². The van der Waals surface area contributed by atoms with Crippen LogP contribution in [0.15, 0.2) is 0 Å². The van der Waals surface area contributed by atoms with Crippen LogP contribution in [0.25, 0.3) is 0 Å². The number of ether oxygens (including phenoxy) is 1. The molecule has 3 heteroatoms. The topological polar surface area (TPSA) is 32.7 Å². The minimum absolute atomic E-state index is 0.214. The van der Waals surface area contributed by atoms with Gasteiger partial charge in [-0.3, -0.25) is 0 Å². The van der Waals surface area contributed by atoms with Crippen LogP contribution in [0.1, 0.15) is 20.8 Å². The number of hydrogen-bond acceptors (Lipinski definition) is 3. The van der Waals surface area contributed by atoms with Crippen molar-refractivity contribution in [3.63, 3.8) is 0 Å². The Labute approximate surface area is 81.7 Å². The van der Waals surface area contributed by atoms with E-state index in [1.54, 1.807) is 0 Å². The second-order valence-corrected chi connectivity index (χ2v) is 3.39. The van der Waals surface area contributed by atoms with Crippen LogP contribution in [-0.4, -0.2) is 49.5 Å². The maximum atomic E-state index is 8.75. The highest BCUT2D eigenvalue weighted by Crippen LogP contribution is 1.94. The van der Waals surface area contributed by atoms with Gasteiger partial charge in [0.05, 0.1) is 13.2 Å². The molecule has 0 aliphatic carbocycles. The van der Waals surface area contributed by atoms with Crippen molar-refractivity contribution in [2.24, 2.45) is 5.92 Å². The summed E-state index contributed by atoms with van der Waals surface area (Å²) in [6.45, 7) is 11.1. The lowest BCUT2D eigenvalue weighted by Crippen LogP contribution is -2.27. The van der Waals surface area contributed by atoms with Crippen LogP contribution in [0.2, 0.25) is 0 Å². The van der Waals surface area contributed by atoms with Gasteiger partial charge in [0.2, 0.25) is 0 Å². The lowest BCUT2D eigenvalue weighted by molar-refractivity contribution is 0.0654. The summed E-state index contributed by atoms with van der Waals surface area (Å²) in [5.74, 6) is 0.261. The summed E-state index contributed by atoms with van der Waals surface area (Å²) < 4.78 is 5.42. The van der Waals surface area contributed by atoms with E-state index < -0.39 is 0 Å². The molecule has 0 aliphatic rings. The predicted molar refractivity (Wildman–Crippen MR) is 54.9 cm³/mol. The fourth-order valence-electron chi connectivity index (χ4n) is 1.07. The smallest absolute Gasteiger partial charge is 0.0593 e. The van der Waals surface area contributed by atoms with Gasteiger partial charge in [0.15, 0.2) is 0 Å². The largest absolute Gasteiger partial charge is 0.396 e. The zero-order chi connectivity index (χ0) is 10.1. The van der Waals surface area contributed by atoms with E-state index in [1.807, 2.05) is 6.92 Å². The zero-order valence-electron chi connectivity index (χ0n) is 9.12. The van der Waals surface area contributed by atoms with Gasteiger partial charge in [0, 0.05) is 19.1 Å². The van der Waals surface area contributed by atoms with Crippen LogP contribution in [0.5, 0.6) is 0 Å². The summed E-state index contributed by atoms with van der Waals surface area (Å²) in [5.41, 5.74) is 0. The highest BCUT2D eigenvalue weighted by Gasteiger charge is 2.01. The lowest BCUT2D eigenvalue weighted by atomic mass is 10.2. The van der Waals surface area contributed by atoms with Crippen molar-refractivity contribution >= 4 is 0 Å². The van der Waals surface area contributed by atoms with Gasteiger partial charge in [-0.1, -0.05) is 20.8 Å². The van der Waals surface area contributed by atoms with Crippen LogP contribution in [0.4, 0.5) is 0 Å². The quantitative estimate of drug-likeness (QED) is 0.578. The molecule has 0 aromatic rings. The minimum Gasteiger partial charge on any atom is -0.396 e. The number of nitrogens with zero attached hydrogens (tertiary/aromatic N) is 1. The van der Waals surface area contributed by atoms with Gasteiger partial charge in [-0.05, 0) is 13.1 Å². The van der Waals surface area contributed by atoms with Crippen molar-refractivity contribution in [3.8, 4) is 0 Å². The number of hydrogen-bond donors (Lipinski definition) is 1. The first kappa shape index (κ1) is 12.9. The van der Waals surface area contributed by atoms with Crippen molar-refractivity contribution in [2.45, 2.75) is 20.8 Å². The van der Waals surface area contributed by atoms with Crippen molar-refractivity contribution in [2.75, 3.05) is 39.5 Å². The second kappa shape index (κ2) is 8.48. The Bertz CT molecular complexity index is 105. The molecule has 0 bridgehead atoms. The van der Waals surface area contributed by atoms with E-state index in [0.29, 0.717) is 6.61 Å². The third-order valence-electron chi connectivity index (χ3n) is 2.16. The Morgan fingerprint density at radius 1 is 1.31 bits per heavy atom. The van der Waals surface area contributed by atoms with E-state index in [1.165, 1.54) is 0 Å². The highest BCUT2D eigenvalue weighted by molar-refractivity contribution is 4.51. The first-order valence-electron chi connectivity index (χ1n) is 5.15. The summed E-state index contributed by atoms with van der Waals surface area (Å²) in [6.07, 6.45) is 0. The highest BCUT2D eigenvalue weighted by atomic mass is 16.5. The number of likely N-dealkylation sites (N-methyl/N-ethyl adjacent to an activating group) is 1. The molecule has 13 heavy (non-hydrogen) atoms. The third-order valence-corrected chi connectivity index (χ3v) is 2.16. The van der Waals surface area contributed by atoms with E-state index in [2.05, 4.69) is 18.7 Å². The molecular formula is C10H23NO2. The van der Waals surface area contributed by atoms with Crippen molar-refractivity contribution in [3.05, 3.63) is 0 Å². The zero-order valence-corrected chi connectivity index (χ0v) is 9.12. The van der Waals surface area contributed by atoms with E-state index in [-0.39, 0.29) is 12.5 Å². The molecule has 0 radical (unpaired) electrons. The lowest BCUT2D eigenvalue weighted by Gasteiger charge is -2.18. The van der Waals surface area contributed by atoms with Gasteiger partial charge in [0.1, 0.15) is 0 Å². The molecule has 3 nitrogen and oxygen atoms in total. The fourth-order valence-corrected chi connectivity index (χ4v) is 1.07. The molecule has 0 heterocycles. The van der Waals surface area contributed by atoms with E-state index in [0.717, 1.165) is 26.2 Å². The van der Waals surface area contributed by atoms with E-state index in [4.69, 9.17) is 9.84 Å². The SMILES string of the molecule is CCN(CC)CCOCC(C)CO. The number of aliphatic hydroxyl groups excluding tert-OH is 1. The molecule has 1 unspecified atom stereocenters. The second-order valence-electron chi connectivity index (χ2n) is 3.39. The molecule has 1 atom stereocenters. The third kappa shape index (κ3) is 6.99. The van der Waals surface area contributed by atoms with Gasteiger partial charge in [-0.25, -0.2) is 0 Å². The van der Waals surface area contributed by atoms with Crippen molar-refractivity contribution in [1.82, 2.24) is 4.90 Å². The molecule has 0 saturated carbocycles. The predicted octanol–water partition coefficient (Wildman–Crippen LogP) is 0.973. The van der Waals surface area contributed by atoms with E-state index >= 15 is 0 Å². The van der Waals surface area contributed by atoms with Crippen molar-refractivity contribution in [1.29, 1.82) is 0 Å². The van der Waals surface area contributed by atoms with Crippen LogP contribution >= 0.6 is 0 Å². The molecule has 0 rings (SSSR count). The van der Waals surface area contributed by atoms with Crippen LogP contribution in [0.3, 0.4) is 0 Å². The molecule has 0 saturated heterocycles. The summed E-state index contributed by atoms with van der Waals surface area (Å²) >= 11 is 0.